The van der Waals surface area contributed by atoms with Gasteiger partial charge in [0.05, 0.1) is 11.3 Å². The minimum absolute atomic E-state index is 0.00639. The van der Waals surface area contributed by atoms with Crippen LogP contribution in [0, 0.1) is 0 Å². The molecular weight excluding hydrogens is 260 g/mol. The Morgan fingerprint density at radius 1 is 1.05 bits per heavy atom. The summed E-state index contributed by atoms with van der Waals surface area (Å²) in [6.45, 7) is 5.82. The summed E-state index contributed by atoms with van der Waals surface area (Å²) in [5, 5.41) is 2.95. The van der Waals surface area contributed by atoms with Crippen molar-refractivity contribution in [2.45, 2.75) is 19.8 Å². The maximum absolute atomic E-state index is 12.1. The van der Waals surface area contributed by atoms with E-state index in [0.717, 1.165) is 23.5 Å². The standard InChI is InChI=1S/C18H20N2O/c1-13(2)14-7-9-15(10-8-14)20-12-11-19-18(21)16-5-3-4-6-17(16)20/h3-10,13H,11-12H2,1-2H3,(H,19,21). The van der Waals surface area contributed by atoms with Crippen LogP contribution in [0.25, 0.3) is 0 Å². The number of nitrogens with zero attached hydrogens (tertiary/aromatic N) is 1. The maximum Gasteiger partial charge on any atom is 0.253 e. The molecule has 0 aliphatic carbocycles. The van der Waals surface area contributed by atoms with Gasteiger partial charge in [0.2, 0.25) is 0 Å². The molecule has 1 aliphatic rings. The zero-order valence-corrected chi connectivity index (χ0v) is 12.5. The topological polar surface area (TPSA) is 32.3 Å². The number of carbonyl (C=O) groups is 1. The normalized spacial score (nSPS) is 14.6. The van der Waals surface area contributed by atoms with Gasteiger partial charge in [0, 0.05) is 18.8 Å². The highest BCUT2D eigenvalue weighted by molar-refractivity contribution is 6.01. The second kappa shape index (κ2) is 5.60. The molecule has 3 heteroatoms. The number of hydrogen-bond acceptors (Lipinski definition) is 2. The summed E-state index contributed by atoms with van der Waals surface area (Å²) >= 11 is 0. The first-order valence-electron chi connectivity index (χ1n) is 7.41. The van der Waals surface area contributed by atoms with Crippen molar-refractivity contribution in [3.8, 4) is 0 Å². The van der Waals surface area contributed by atoms with Crippen molar-refractivity contribution in [3.63, 3.8) is 0 Å². The number of rotatable bonds is 2. The van der Waals surface area contributed by atoms with Crippen molar-refractivity contribution < 1.29 is 4.79 Å². The SMILES string of the molecule is CC(C)c1ccc(N2CCNC(=O)c3ccccc32)cc1. The number of hydrogen-bond donors (Lipinski definition) is 1. The van der Waals surface area contributed by atoms with Crippen LogP contribution in [0.2, 0.25) is 0 Å². The van der Waals surface area contributed by atoms with E-state index in [4.69, 9.17) is 0 Å². The van der Waals surface area contributed by atoms with Crippen LogP contribution < -0.4 is 10.2 Å². The fourth-order valence-corrected chi connectivity index (χ4v) is 2.71. The van der Waals surface area contributed by atoms with Crippen LogP contribution in [0.4, 0.5) is 11.4 Å². The lowest BCUT2D eigenvalue weighted by molar-refractivity contribution is 0.0958. The summed E-state index contributed by atoms with van der Waals surface area (Å²) in [5.74, 6) is 0.533. The summed E-state index contributed by atoms with van der Waals surface area (Å²) in [7, 11) is 0. The predicted octanol–water partition coefficient (Wildman–Crippen LogP) is 3.69. The van der Waals surface area contributed by atoms with Gasteiger partial charge in [-0.3, -0.25) is 4.79 Å². The van der Waals surface area contributed by atoms with E-state index in [2.05, 4.69) is 48.3 Å². The molecule has 1 aliphatic heterocycles. The average molecular weight is 280 g/mol. The third-order valence-corrected chi connectivity index (χ3v) is 3.93. The number of amides is 1. The van der Waals surface area contributed by atoms with E-state index >= 15 is 0 Å². The minimum atomic E-state index is 0.00639. The van der Waals surface area contributed by atoms with Gasteiger partial charge in [-0.1, -0.05) is 38.1 Å². The molecule has 1 N–H and O–H groups in total. The Bertz CT molecular complexity index is 647. The van der Waals surface area contributed by atoms with E-state index in [1.807, 2.05) is 24.3 Å². The van der Waals surface area contributed by atoms with Crippen molar-refractivity contribution in [1.29, 1.82) is 0 Å². The molecule has 0 spiro atoms. The molecule has 3 rings (SSSR count). The highest BCUT2D eigenvalue weighted by atomic mass is 16.1. The number of nitrogens with one attached hydrogen (secondary N) is 1. The zero-order valence-electron chi connectivity index (χ0n) is 12.5. The third-order valence-electron chi connectivity index (χ3n) is 3.93. The third kappa shape index (κ3) is 2.64. The van der Waals surface area contributed by atoms with Crippen LogP contribution in [0.1, 0.15) is 35.7 Å². The molecule has 2 aromatic rings. The van der Waals surface area contributed by atoms with E-state index < -0.39 is 0 Å². The Balaban J connectivity index is 2.01. The second-order valence-electron chi connectivity index (χ2n) is 5.67. The number of benzene rings is 2. The molecule has 0 radical (unpaired) electrons. The summed E-state index contributed by atoms with van der Waals surface area (Å²) in [6, 6.07) is 16.4. The van der Waals surface area contributed by atoms with Crippen LogP contribution in [-0.4, -0.2) is 19.0 Å². The van der Waals surface area contributed by atoms with Crippen LogP contribution >= 0.6 is 0 Å². The zero-order chi connectivity index (χ0) is 14.8. The Hall–Kier alpha value is -2.29. The molecule has 0 saturated carbocycles. The van der Waals surface area contributed by atoms with Crippen molar-refractivity contribution in [1.82, 2.24) is 5.32 Å². The van der Waals surface area contributed by atoms with Crippen molar-refractivity contribution in [2.24, 2.45) is 0 Å². The van der Waals surface area contributed by atoms with Gasteiger partial charge < -0.3 is 10.2 Å². The first-order valence-corrected chi connectivity index (χ1v) is 7.41. The van der Waals surface area contributed by atoms with Gasteiger partial charge in [-0.15, -0.1) is 0 Å². The Labute approximate surface area is 125 Å². The quantitative estimate of drug-likeness (QED) is 0.910. The molecule has 0 aromatic heterocycles. The van der Waals surface area contributed by atoms with Crippen LogP contribution in [0.3, 0.4) is 0 Å². The van der Waals surface area contributed by atoms with Gasteiger partial charge in [-0.05, 0) is 35.7 Å². The Morgan fingerprint density at radius 2 is 1.76 bits per heavy atom. The molecule has 0 fully saturated rings. The van der Waals surface area contributed by atoms with Crippen molar-refractivity contribution in [3.05, 3.63) is 59.7 Å². The van der Waals surface area contributed by atoms with Crippen LogP contribution in [0.15, 0.2) is 48.5 Å². The van der Waals surface area contributed by atoms with Crippen LogP contribution in [-0.2, 0) is 0 Å². The van der Waals surface area contributed by atoms with Crippen molar-refractivity contribution >= 4 is 17.3 Å². The maximum atomic E-state index is 12.1. The molecule has 2 aromatic carbocycles. The molecule has 21 heavy (non-hydrogen) atoms. The summed E-state index contributed by atoms with van der Waals surface area (Å²) < 4.78 is 0. The van der Waals surface area contributed by atoms with E-state index in [1.165, 1.54) is 5.56 Å². The Kier molecular flexibility index (Phi) is 3.65. The summed E-state index contributed by atoms with van der Waals surface area (Å²) in [4.78, 5) is 14.3. The summed E-state index contributed by atoms with van der Waals surface area (Å²) in [5.41, 5.74) is 4.17. The summed E-state index contributed by atoms with van der Waals surface area (Å²) in [6.07, 6.45) is 0. The number of para-hydroxylation sites is 1. The molecule has 0 unspecified atom stereocenters. The highest BCUT2D eigenvalue weighted by Gasteiger charge is 2.20. The fraction of sp³-hybridized carbons (Fsp3) is 0.278. The minimum Gasteiger partial charge on any atom is -0.350 e. The number of anilines is 2. The first-order chi connectivity index (χ1) is 10.2. The van der Waals surface area contributed by atoms with Gasteiger partial charge in [0.25, 0.3) is 5.91 Å². The monoisotopic (exact) mass is 280 g/mol. The molecular formula is C18H20N2O. The molecule has 0 atom stereocenters. The van der Waals surface area contributed by atoms with Crippen LogP contribution in [0.5, 0.6) is 0 Å². The van der Waals surface area contributed by atoms with E-state index in [9.17, 15) is 4.79 Å². The molecule has 0 bridgehead atoms. The van der Waals surface area contributed by atoms with Gasteiger partial charge in [0.1, 0.15) is 0 Å². The second-order valence-corrected chi connectivity index (χ2v) is 5.67. The Morgan fingerprint density at radius 3 is 2.48 bits per heavy atom. The molecule has 1 heterocycles. The first kappa shape index (κ1) is 13.7. The lowest BCUT2D eigenvalue weighted by atomic mass is 10.0. The van der Waals surface area contributed by atoms with E-state index in [1.54, 1.807) is 0 Å². The smallest absolute Gasteiger partial charge is 0.253 e. The van der Waals surface area contributed by atoms with Crippen molar-refractivity contribution in [2.75, 3.05) is 18.0 Å². The van der Waals surface area contributed by atoms with E-state index in [-0.39, 0.29) is 5.91 Å². The van der Waals surface area contributed by atoms with Gasteiger partial charge in [0.15, 0.2) is 0 Å². The fourth-order valence-electron chi connectivity index (χ4n) is 2.71. The highest BCUT2D eigenvalue weighted by Crippen LogP contribution is 2.30. The van der Waals surface area contributed by atoms with E-state index in [0.29, 0.717) is 12.5 Å². The molecule has 0 saturated heterocycles. The lowest BCUT2D eigenvalue weighted by Crippen LogP contribution is -2.27. The predicted molar refractivity (Wildman–Crippen MR) is 86.3 cm³/mol. The largest absolute Gasteiger partial charge is 0.350 e. The molecule has 1 amide bonds. The molecule has 3 nitrogen and oxygen atoms in total. The number of fused-ring (bicyclic) bond motifs is 1. The van der Waals surface area contributed by atoms with Gasteiger partial charge >= 0.3 is 0 Å². The van der Waals surface area contributed by atoms with Gasteiger partial charge in [-0.25, -0.2) is 0 Å². The number of carbonyl (C=O) groups excluding carboxylic acids is 1. The average Bonchev–Trinajstić information content (AvgIpc) is 2.67. The lowest BCUT2D eigenvalue weighted by Gasteiger charge is -2.24. The molecule has 108 valence electrons. The van der Waals surface area contributed by atoms with Gasteiger partial charge in [-0.2, -0.15) is 0 Å².